The van der Waals surface area contributed by atoms with Crippen molar-refractivity contribution in [2.75, 3.05) is 17.4 Å². The van der Waals surface area contributed by atoms with Crippen LogP contribution in [0.15, 0.2) is 114 Å². The van der Waals surface area contributed by atoms with Crippen molar-refractivity contribution in [3.63, 3.8) is 0 Å². The highest BCUT2D eigenvalue weighted by Gasteiger charge is 2.34. The predicted molar refractivity (Wildman–Crippen MR) is 167 cm³/mol. The Balaban J connectivity index is 1.78. The summed E-state index contributed by atoms with van der Waals surface area (Å²) >= 11 is 12.5. The van der Waals surface area contributed by atoms with Gasteiger partial charge in [-0.15, -0.1) is 0 Å². The molecule has 10 heteroatoms. The highest BCUT2D eigenvalue weighted by atomic mass is 35.5. The number of likely N-dealkylation sites (N-methyl/N-ethyl adjacent to an activating group) is 1. The Hall–Kier alpha value is -3.85. The second-order valence-corrected chi connectivity index (χ2v) is 12.2. The molecular weight excluding hydrogens is 593 g/mol. The van der Waals surface area contributed by atoms with Crippen LogP contribution in [0.25, 0.3) is 0 Å². The van der Waals surface area contributed by atoms with Crippen molar-refractivity contribution in [1.29, 1.82) is 0 Å². The maximum absolute atomic E-state index is 14.3. The molecule has 0 spiro atoms. The fourth-order valence-corrected chi connectivity index (χ4v) is 6.25. The maximum atomic E-state index is 14.3. The number of sulfonamides is 1. The minimum absolute atomic E-state index is 0.00321. The summed E-state index contributed by atoms with van der Waals surface area (Å²) in [5.41, 5.74) is 1.78. The van der Waals surface area contributed by atoms with Gasteiger partial charge in [0.15, 0.2) is 0 Å². The van der Waals surface area contributed by atoms with Gasteiger partial charge in [-0.25, -0.2) is 8.42 Å². The van der Waals surface area contributed by atoms with Crippen LogP contribution in [0, 0.1) is 0 Å². The van der Waals surface area contributed by atoms with E-state index in [9.17, 15) is 18.0 Å². The third-order valence-electron chi connectivity index (χ3n) is 6.65. The van der Waals surface area contributed by atoms with Crippen molar-refractivity contribution >= 4 is 50.7 Å². The Labute approximate surface area is 256 Å². The average Bonchev–Trinajstić information content (AvgIpc) is 2.99. The van der Waals surface area contributed by atoms with E-state index >= 15 is 0 Å². The second-order valence-electron chi connectivity index (χ2n) is 9.51. The van der Waals surface area contributed by atoms with Gasteiger partial charge in [0.2, 0.25) is 11.8 Å². The quantitative estimate of drug-likeness (QED) is 0.211. The van der Waals surface area contributed by atoms with E-state index < -0.39 is 28.5 Å². The zero-order valence-electron chi connectivity index (χ0n) is 23.0. The SMILES string of the molecule is CCNC(=O)[C@@H](Cc1ccccc1)N(Cc1ccccc1Cl)C(=O)CN(c1ccccc1)S(=O)(=O)c1ccc(Cl)cc1. The summed E-state index contributed by atoms with van der Waals surface area (Å²) in [5.74, 6) is -0.919. The summed E-state index contributed by atoms with van der Waals surface area (Å²) in [6.07, 6.45) is 0.220. The van der Waals surface area contributed by atoms with Gasteiger partial charge in [-0.3, -0.25) is 13.9 Å². The molecule has 0 aliphatic carbocycles. The molecule has 0 fully saturated rings. The average molecular weight is 625 g/mol. The lowest BCUT2D eigenvalue weighted by molar-refractivity contribution is -0.140. The number of carbonyl (C=O) groups excluding carboxylic acids is 2. The number of hydrogen-bond acceptors (Lipinski definition) is 4. The molecule has 1 atom stereocenters. The number of amides is 2. The Morgan fingerprint density at radius 3 is 2.02 bits per heavy atom. The minimum Gasteiger partial charge on any atom is -0.355 e. The van der Waals surface area contributed by atoms with Crippen molar-refractivity contribution in [1.82, 2.24) is 10.2 Å². The molecule has 4 rings (SSSR count). The molecule has 4 aromatic rings. The van der Waals surface area contributed by atoms with E-state index in [0.717, 1.165) is 9.87 Å². The lowest BCUT2D eigenvalue weighted by Crippen LogP contribution is -2.53. The molecule has 0 unspecified atom stereocenters. The van der Waals surface area contributed by atoms with Gasteiger partial charge in [0.1, 0.15) is 12.6 Å². The van der Waals surface area contributed by atoms with Crippen LogP contribution in [0.5, 0.6) is 0 Å². The summed E-state index contributed by atoms with van der Waals surface area (Å²) in [6, 6.07) is 29.6. The number of carbonyl (C=O) groups is 2. The normalized spacial score (nSPS) is 11.9. The maximum Gasteiger partial charge on any atom is 0.264 e. The third kappa shape index (κ3) is 7.70. The zero-order valence-corrected chi connectivity index (χ0v) is 25.3. The molecule has 4 aromatic carbocycles. The van der Waals surface area contributed by atoms with Crippen LogP contribution in [-0.2, 0) is 32.6 Å². The largest absolute Gasteiger partial charge is 0.355 e. The smallest absolute Gasteiger partial charge is 0.264 e. The molecular formula is C32H31Cl2N3O4S. The molecule has 0 aromatic heterocycles. The molecule has 7 nitrogen and oxygen atoms in total. The highest BCUT2D eigenvalue weighted by Crippen LogP contribution is 2.26. The first-order chi connectivity index (χ1) is 20.2. The van der Waals surface area contributed by atoms with Gasteiger partial charge >= 0.3 is 0 Å². The van der Waals surface area contributed by atoms with E-state index in [0.29, 0.717) is 27.8 Å². The Kier molecular flexibility index (Phi) is 10.6. The van der Waals surface area contributed by atoms with Crippen LogP contribution >= 0.6 is 23.2 Å². The first-order valence-corrected chi connectivity index (χ1v) is 15.6. The molecule has 1 N–H and O–H groups in total. The monoisotopic (exact) mass is 623 g/mol. The molecule has 0 aliphatic rings. The van der Waals surface area contributed by atoms with Gasteiger partial charge < -0.3 is 10.2 Å². The molecule has 0 aliphatic heterocycles. The van der Waals surface area contributed by atoms with Crippen molar-refractivity contribution in [3.8, 4) is 0 Å². The lowest BCUT2D eigenvalue weighted by atomic mass is 10.0. The minimum atomic E-state index is -4.19. The molecule has 2 amide bonds. The fraction of sp³-hybridized carbons (Fsp3) is 0.188. The van der Waals surface area contributed by atoms with Gasteiger partial charge in [-0.05, 0) is 60.5 Å². The topological polar surface area (TPSA) is 86.8 Å². The molecule has 0 radical (unpaired) electrons. The third-order valence-corrected chi connectivity index (χ3v) is 9.05. The van der Waals surface area contributed by atoms with Crippen LogP contribution in [0.3, 0.4) is 0 Å². The van der Waals surface area contributed by atoms with Gasteiger partial charge in [0.25, 0.3) is 10.0 Å². The molecule has 0 saturated carbocycles. The zero-order chi connectivity index (χ0) is 30.1. The van der Waals surface area contributed by atoms with E-state index in [1.165, 1.54) is 29.2 Å². The van der Waals surface area contributed by atoms with Crippen LogP contribution in [0.4, 0.5) is 5.69 Å². The Bertz CT molecular complexity index is 1600. The van der Waals surface area contributed by atoms with Crippen LogP contribution in [-0.4, -0.2) is 44.3 Å². The summed E-state index contributed by atoms with van der Waals surface area (Å²) < 4.78 is 28.9. The van der Waals surface area contributed by atoms with E-state index in [2.05, 4.69) is 5.32 Å². The van der Waals surface area contributed by atoms with Crippen molar-refractivity contribution < 1.29 is 18.0 Å². The first kappa shape index (κ1) is 31.1. The Morgan fingerprint density at radius 2 is 1.40 bits per heavy atom. The van der Waals surface area contributed by atoms with Crippen LogP contribution in [0.1, 0.15) is 18.1 Å². The number of nitrogens with one attached hydrogen (secondary N) is 1. The number of nitrogens with zero attached hydrogens (tertiary/aromatic N) is 2. The summed E-state index contributed by atoms with van der Waals surface area (Å²) in [4.78, 5) is 29.2. The molecule has 42 heavy (non-hydrogen) atoms. The van der Waals surface area contributed by atoms with Gasteiger partial charge in [-0.1, -0.05) is 89.9 Å². The molecule has 0 saturated heterocycles. The molecule has 0 bridgehead atoms. The second kappa shape index (κ2) is 14.4. The lowest BCUT2D eigenvalue weighted by Gasteiger charge is -2.34. The van der Waals surface area contributed by atoms with Crippen LogP contribution in [0.2, 0.25) is 10.0 Å². The van der Waals surface area contributed by atoms with Gasteiger partial charge in [0, 0.05) is 29.6 Å². The fourth-order valence-electron chi connectivity index (χ4n) is 4.51. The standard InChI is InChI=1S/C32H31Cl2N3O4S/c1-2-35-32(39)30(21-24-11-5-3-6-12-24)36(22-25-13-9-10-16-29(25)34)31(38)23-37(27-14-7-4-8-15-27)42(40,41)28-19-17-26(33)18-20-28/h3-20,30H,2,21-23H2,1H3,(H,35,39)/t30-/m1/s1. The van der Waals surface area contributed by atoms with Crippen LogP contribution < -0.4 is 9.62 Å². The first-order valence-electron chi connectivity index (χ1n) is 13.4. The van der Waals surface area contributed by atoms with Gasteiger partial charge in [-0.2, -0.15) is 0 Å². The summed E-state index contributed by atoms with van der Waals surface area (Å²) in [7, 11) is -4.19. The molecule has 0 heterocycles. The van der Waals surface area contributed by atoms with Crippen molar-refractivity contribution in [2.45, 2.75) is 30.8 Å². The number of rotatable bonds is 12. The van der Waals surface area contributed by atoms with E-state index in [1.807, 2.05) is 30.3 Å². The Morgan fingerprint density at radius 1 is 0.810 bits per heavy atom. The van der Waals surface area contributed by atoms with Crippen molar-refractivity contribution in [2.24, 2.45) is 0 Å². The van der Waals surface area contributed by atoms with Crippen molar-refractivity contribution in [3.05, 3.63) is 130 Å². The number of halogens is 2. The summed E-state index contributed by atoms with van der Waals surface area (Å²) in [5, 5.41) is 3.65. The predicted octanol–water partition coefficient (Wildman–Crippen LogP) is 5.96. The molecule has 218 valence electrons. The number of hydrogen-bond donors (Lipinski definition) is 1. The summed E-state index contributed by atoms with van der Waals surface area (Å²) in [6.45, 7) is 1.60. The number of anilines is 1. The number of benzene rings is 4. The number of para-hydroxylation sites is 1. The van der Waals surface area contributed by atoms with E-state index in [4.69, 9.17) is 23.2 Å². The van der Waals surface area contributed by atoms with E-state index in [1.54, 1.807) is 61.5 Å². The van der Waals surface area contributed by atoms with Gasteiger partial charge in [0.05, 0.1) is 10.6 Å². The highest BCUT2D eigenvalue weighted by molar-refractivity contribution is 7.92. The van der Waals surface area contributed by atoms with E-state index in [-0.39, 0.29) is 23.8 Å².